The Balaban J connectivity index is 2.33. The van der Waals surface area contributed by atoms with Gasteiger partial charge in [-0.15, -0.1) is 0 Å². The molecule has 1 heterocycles. The number of carbonyl (C=O) groups is 1. The second kappa shape index (κ2) is 3.93. The molecule has 0 saturated carbocycles. The smallest absolute Gasteiger partial charge is 0.246 e. The third-order valence-electron chi connectivity index (χ3n) is 1.39. The van der Waals surface area contributed by atoms with Crippen LogP contribution in [0.2, 0.25) is 0 Å². The normalized spacial score (nSPS) is 27.3. The molecule has 4 heteroatoms. The molecule has 0 radical (unpaired) electrons. The first-order valence-electron chi connectivity index (χ1n) is 3.23. The summed E-state index contributed by atoms with van der Waals surface area (Å²) in [6, 6.07) is 0. The largest absolute Gasteiger partial charge is 0.371 e. The van der Waals surface area contributed by atoms with Crippen molar-refractivity contribution in [1.29, 1.82) is 0 Å². The van der Waals surface area contributed by atoms with Crippen LogP contribution in [0.25, 0.3) is 0 Å². The SMILES string of the molecule is O=C1COCC(CBr)CN1. The van der Waals surface area contributed by atoms with Gasteiger partial charge < -0.3 is 10.1 Å². The predicted molar refractivity (Wildman–Crippen MR) is 41.1 cm³/mol. The van der Waals surface area contributed by atoms with Crippen LogP contribution in [0.15, 0.2) is 0 Å². The Morgan fingerprint density at radius 2 is 2.60 bits per heavy atom. The van der Waals surface area contributed by atoms with E-state index in [2.05, 4.69) is 21.2 Å². The number of amides is 1. The fraction of sp³-hybridized carbons (Fsp3) is 0.833. The van der Waals surface area contributed by atoms with Gasteiger partial charge in [0.05, 0.1) is 6.61 Å². The third-order valence-corrected chi connectivity index (χ3v) is 2.31. The van der Waals surface area contributed by atoms with Crippen molar-refractivity contribution in [3.05, 3.63) is 0 Å². The highest BCUT2D eigenvalue weighted by Crippen LogP contribution is 2.03. The molecular weight excluding hydrogens is 198 g/mol. The zero-order valence-electron chi connectivity index (χ0n) is 5.60. The van der Waals surface area contributed by atoms with E-state index in [4.69, 9.17) is 4.74 Å². The van der Waals surface area contributed by atoms with Crippen LogP contribution in [0, 0.1) is 5.92 Å². The topological polar surface area (TPSA) is 38.3 Å². The number of hydrogen-bond acceptors (Lipinski definition) is 2. The highest BCUT2D eigenvalue weighted by atomic mass is 79.9. The van der Waals surface area contributed by atoms with Gasteiger partial charge in [0.2, 0.25) is 5.91 Å². The van der Waals surface area contributed by atoms with Gasteiger partial charge in [-0.3, -0.25) is 4.79 Å². The predicted octanol–water partition coefficient (Wildman–Crippen LogP) is 0.144. The second-order valence-corrected chi connectivity index (χ2v) is 2.99. The van der Waals surface area contributed by atoms with Crippen molar-refractivity contribution in [2.24, 2.45) is 5.92 Å². The van der Waals surface area contributed by atoms with E-state index < -0.39 is 0 Å². The van der Waals surface area contributed by atoms with Gasteiger partial charge in [0.15, 0.2) is 0 Å². The molecule has 3 nitrogen and oxygen atoms in total. The maximum Gasteiger partial charge on any atom is 0.246 e. The molecule has 0 aromatic heterocycles. The van der Waals surface area contributed by atoms with Crippen LogP contribution in [0.1, 0.15) is 0 Å². The summed E-state index contributed by atoms with van der Waals surface area (Å²) < 4.78 is 5.07. The highest BCUT2D eigenvalue weighted by Gasteiger charge is 2.14. The lowest BCUT2D eigenvalue weighted by Gasteiger charge is -2.07. The summed E-state index contributed by atoms with van der Waals surface area (Å²) in [5.74, 6) is 0.412. The summed E-state index contributed by atoms with van der Waals surface area (Å²) in [6.07, 6.45) is 0. The Hall–Kier alpha value is -0.0900. The van der Waals surface area contributed by atoms with Gasteiger partial charge in [0.25, 0.3) is 0 Å². The van der Waals surface area contributed by atoms with Gasteiger partial charge in [0, 0.05) is 17.8 Å². The van der Waals surface area contributed by atoms with Crippen molar-refractivity contribution >= 4 is 21.8 Å². The van der Waals surface area contributed by atoms with Gasteiger partial charge in [-0.1, -0.05) is 15.9 Å². The van der Waals surface area contributed by atoms with Gasteiger partial charge in [0.1, 0.15) is 6.61 Å². The van der Waals surface area contributed by atoms with Crippen molar-refractivity contribution in [3.63, 3.8) is 0 Å². The van der Waals surface area contributed by atoms with Crippen LogP contribution >= 0.6 is 15.9 Å². The van der Waals surface area contributed by atoms with Crippen LogP contribution < -0.4 is 5.32 Å². The maximum absolute atomic E-state index is 10.7. The molecule has 1 aliphatic rings. The summed E-state index contributed by atoms with van der Waals surface area (Å²) in [5, 5.41) is 3.63. The zero-order chi connectivity index (χ0) is 7.40. The fourth-order valence-electron chi connectivity index (χ4n) is 0.786. The number of nitrogens with one attached hydrogen (secondary N) is 1. The fourth-order valence-corrected chi connectivity index (χ4v) is 1.20. The van der Waals surface area contributed by atoms with Crippen LogP contribution in [-0.4, -0.2) is 31.0 Å². The minimum Gasteiger partial charge on any atom is -0.371 e. The average molecular weight is 208 g/mol. The molecular formula is C6H10BrNO2. The Labute approximate surface area is 68.3 Å². The number of carbonyl (C=O) groups excluding carboxylic acids is 1. The van der Waals surface area contributed by atoms with Crippen molar-refractivity contribution in [2.75, 3.05) is 25.1 Å². The number of rotatable bonds is 1. The molecule has 1 aliphatic heterocycles. The van der Waals surface area contributed by atoms with E-state index in [1.807, 2.05) is 0 Å². The molecule has 0 bridgehead atoms. The monoisotopic (exact) mass is 207 g/mol. The summed E-state index contributed by atoms with van der Waals surface area (Å²) in [5.41, 5.74) is 0. The first-order chi connectivity index (χ1) is 4.83. The van der Waals surface area contributed by atoms with Crippen LogP contribution in [0.4, 0.5) is 0 Å². The molecule has 1 atom stereocenters. The Morgan fingerprint density at radius 1 is 1.80 bits per heavy atom. The van der Waals surface area contributed by atoms with Crippen LogP contribution in [-0.2, 0) is 9.53 Å². The summed E-state index contributed by atoms with van der Waals surface area (Å²) in [7, 11) is 0. The van der Waals surface area contributed by atoms with E-state index in [0.29, 0.717) is 12.5 Å². The molecule has 0 aliphatic carbocycles. The van der Waals surface area contributed by atoms with E-state index in [-0.39, 0.29) is 12.5 Å². The summed E-state index contributed by atoms with van der Waals surface area (Å²) >= 11 is 3.33. The van der Waals surface area contributed by atoms with Gasteiger partial charge >= 0.3 is 0 Å². The molecule has 1 N–H and O–H groups in total. The minimum atomic E-state index is -0.0107. The van der Waals surface area contributed by atoms with Crippen LogP contribution in [0.3, 0.4) is 0 Å². The zero-order valence-corrected chi connectivity index (χ0v) is 7.19. The third kappa shape index (κ3) is 2.27. The van der Waals surface area contributed by atoms with E-state index in [0.717, 1.165) is 11.9 Å². The van der Waals surface area contributed by atoms with Gasteiger partial charge in [-0.2, -0.15) is 0 Å². The number of ether oxygens (including phenoxy) is 1. The lowest BCUT2D eigenvalue weighted by molar-refractivity contribution is -0.124. The first-order valence-corrected chi connectivity index (χ1v) is 4.35. The molecule has 10 heavy (non-hydrogen) atoms. The molecule has 0 spiro atoms. The van der Waals surface area contributed by atoms with Gasteiger partial charge in [-0.05, 0) is 0 Å². The van der Waals surface area contributed by atoms with Gasteiger partial charge in [-0.25, -0.2) is 0 Å². The van der Waals surface area contributed by atoms with Crippen molar-refractivity contribution in [1.82, 2.24) is 5.32 Å². The lowest BCUT2D eigenvalue weighted by atomic mass is 10.2. The summed E-state index contributed by atoms with van der Waals surface area (Å²) in [4.78, 5) is 10.7. The molecule has 1 fully saturated rings. The Morgan fingerprint density at radius 3 is 3.30 bits per heavy atom. The molecule has 0 aromatic rings. The molecule has 1 rings (SSSR count). The molecule has 1 amide bonds. The van der Waals surface area contributed by atoms with E-state index in [9.17, 15) is 4.79 Å². The minimum absolute atomic E-state index is 0.0107. The van der Waals surface area contributed by atoms with E-state index >= 15 is 0 Å². The second-order valence-electron chi connectivity index (χ2n) is 2.34. The van der Waals surface area contributed by atoms with E-state index in [1.54, 1.807) is 0 Å². The van der Waals surface area contributed by atoms with Crippen molar-refractivity contribution in [2.45, 2.75) is 0 Å². The molecule has 1 saturated heterocycles. The standard InChI is InChI=1S/C6H10BrNO2/c7-1-5-2-8-6(9)4-10-3-5/h5H,1-4H2,(H,8,9). The van der Waals surface area contributed by atoms with Crippen LogP contribution in [0.5, 0.6) is 0 Å². The number of alkyl halides is 1. The number of halogens is 1. The number of hydrogen-bond donors (Lipinski definition) is 1. The molecule has 58 valence electrons. The Kier molecular flexibility index (Phi) is 3.15. The highest BCUT2D eigenvalue weighted by molar-refractivity contribution is 9.09. The summed E-state index contributed by atoms with van der Waals surface area (Å²) in [6.45, 7) is 1.61. The first kappa shape index (κ1) is 8.01. The average Bonchev–Trinajstić information content (AvgIpc) is 2.14. The van der Waals surface area contributed by atoms with Crippen molar-refractivity contribution < 1.29 is 9.53 Å². The lowest BCUT2D eigenvalue weighted by Crippen LogP contribution is -2.28. The molecule has 1 unspecified atom stereocenters. The Bertz CT molecular complexity index is 129. The quantitative estimate of drug-likeness (QED) is 0.622. The van der Waals surface area contributed by atoms with E-state index in [1.165, 1.54) is 0 Å². The maximum atomic E-state index is 10.7. The molecule has 0 aromatic carbocycles. The van der Waals surface area contributed by atoms with Crippen molar-refractivity contribution in [3.8, 4) is 0 Å².